The third-order valence-corrected chi connectivity index (χ3v) is 4.77. The summed E-state index contributed by atoms with van der Waals surface area (Å²) in [6.45, 7) is 4.44. The van der Waals surface area contributed by atoms with Gasteiger partial charge in [-0.25, -0.2) is 4.39 Å². The molecule has 1 nitrogen and oxygen atoms in total. The van der Waals surface area contributed by atoms with Crippen LogP contribution >= 0.6 is 11.6 Å². The van der Waals surface area contributed by atoms with Crippen LogP contribution in [-0.2, 0) is 5.41 Å². The molecule has 1 saturated heterocycles. The van der Waals surface area contributed by atoms with Crippen molar-refractivity contribution in [2.75, 3.05) is 20.1 Å². The molecule has 0 spiro atoms. The van der Waals surface area contributed by atoms with Gasteiger partial charge < -0.3 is 4.90 Å². The summed E-state index contributed by atoms with van der Waals surface area (Å²) in [4.78, 5) is 2.33. The lowest BCUT2D eigenvalue weighted by Gasteiger charge is -2.19. The van der Waals surface area contributed by atoms with Crippen molar-refractivity contribution in [3.05, 3.63) is 34.6 Å². The summed E-state index contributed by atoms with van der Waals surface area (Å²) in [5, 5.41) is 0.219. The predicted molar refractivity (Wildman–Crippen MR) is 63.2 cm³/mol. The second kappa shape index (κ2) is 3.21. The van der Waals surface area contributed by atoms with E-state index in [1.165, 1.54) is 0 Å². The summed E-state index contributed by atoms with van der Waals surface area (Å²) in [6, 6.07) is 5.29. The average Bonchev–Trinajstić information content (AvgIpc) is 2.65. The van der Waals surface area contributed by atoms with Crippen LogP contribution in [0.5, 0.6) is 0 Å². The van der Waals surface area contributed by atoms with Crippen molar-refractivity contribution in [1.82, 2.24) is 4.90 Å². The molecule has 3 rings (SSSR count). The maximum atomic E-state index is 13.5. The molecule has 0 radical (unpaired) electrons. The molecule has 1 heterocycles. The Morgan fingerprint density at radius 3 is 2.88 bits per heavy atom. The van der Waals surface area contributed by atoms with Gasteiger partial charge in [0.05, 0.1) is 5.02 Å². The van der Waals surface area contributed by atoms with Gasteiger partial charge in [0, 0.05) is 18.5 Å². The second-order valence-electron chi connectivity index (χ2n) is 5.26. The van der Waals surface area contributed by atoms with Gasteiger partial charge in [0.25, 0.3) is 0 Å². The molecule has 0 aromatic heterocycles. The van der Waals surface area contributed by atoms with Gasteiger partial charge in [-0.1, -0.05) is 24.6 Å². The lowest BCUT2D eigenvalue weighted by molar-refractivity contribution is 0.338. The largest absolute Gasteiger partial charge is 0.305 e. The topological polar surface area (TPSA) is 3.24 Å². The van der Waals surface area contributed by atoms with E-state index in [4.69, 9.17) is 11.6 Å². The minimum absolute atomic E-state index is 0.195. The van der Waals surface area contributed by atoms with Crippen molar-refractivity contribution >= 4 is 11.6 Å². The van der Waals surface area contributed by atoms with Crippen LogP contribution in [0.4, 0.5) is 4.39 Å². The minimum atomic E-state index is -0.291. The Morgan fingerprint density at radius 1 is 1.50 bits per heavy atom. The number of halogens is 2. The van der Waals surface area contributed by atoms with Crippen molar-refractivity contribution in [3.63, 3.8) is 0 Å². The van der Waals surface area contributed by atoms with Gasteiger partial charge in [0.1, 0.15) is 5.82 Å². The highest BCUT2D eigenvalue weighted by Crippen LogP contribution is 2.63. The first-order chi connectivity index (χ1) is 7.55. The predicted octanol–water partition coefficient (Wildman–Crippen LogP) is 2.93. The van der Waals surface area contributed by atoms with E-state index >= 15 is 0 Å². The van der Waals surface area contributed by atoms with Crippen molar-refractivity contribution < 1.29 is 4.39 Å². The van der Waals surface area contributed by atoms with Gasteiger partial charge in [-0.3, -0.25) is 0 Å². The molecule has 1 saturated carbocycles. The standard InChI is InChI=1S/C13H15ClFN/c1-8-10-6-16(2)7-13(8,10)9-3-4-11(14)12(15)5-9/h3-5,8,10H,6-7H2,1-2H3/t8?,10-,13?/m1/s1. The van der Waals surface area contributed by atoms with Crippen LogP contribution in [0.1, 0.15) is 12.5 Å². The Kier molecular flexibility index (Phi) is 2.11. The van der Waals surface area contributed by atoms with Gasteiger partial charge in [0.15, 0.2) is 0 Å². The van der Waals surface area contributed by atoms with E-state index in [2.05, 4.69) is 18.9 Å². The fourth-order valence-corrected chi connectivity index (χ4v) is 3.63. The van der Waals surface area contributed by atoms with E-state index in [0.29, 0.717) is 11.8 Å². The van der Waals surface area contributed by atoms with Crippen LogP contribution in [-0.4, -0.2) is 25.0 Å². The van der Waals surface area contributed by atoms with Crippen LogP contribution in [0, 0.1) is 17.7 Å². The monoisotopic (exact) mass is 239 g/mol. The molecule has 0 bridgehead atoms. The van der Waals surface area contributed by atoms with Crippen molar-refractivity contribution in [2.45, 2.75) is 12.3 Å². The summed E-state index contributed by atoms with van der Waals surface area (Å²) in [6.07, 6.45) is 0. The Bertz CT molecular complexity index is 448. The third-order valence-electron chi connectivity index (χ3n) is 4.47. The number of hydrogen-bond donors (Lipinski definition) is 0. The number of fused-ring (bicyclic) bond motifs is 1. The number of rotatable bonds is 1. The molecule has 0 amide bonds. The Labute approximate surface area is 100 Å². The molecule has 1 aliphatic heterocycles. The van der Waals surface area contributed by atoms with Gasteiger partial charge in [-0.2, -0.15) is 0 Å². The maximum Gasteiger partial charge on any atom is 0.142 e. The van der Waals surface area contributed by atoms with E-state index in [-0.39, 0.29) is 16.3 Å². The minimum Gasteiger partial charge on any atom is -0.305 e. The first kappa shape index (κ1) is 10.5. The number of likely N-dealkylation sites (N-methyl/N-ethyl adjacent to an activating group) is 1. The quantitative estimate of drug-likeness (QED) is 0.729. The van der Waals surface area contributed by atoms with Crippen molar-refractivity contribution in [2.24, 2.45) is 11.8 Å². The van der Waals surface area contributed by atoms with Crippen LogP contribution in [0.2, 0.25) is 5.02 Å². The summed E-state index contributed by atoms with van der Waals surface area (Å²) in [5.74, 6) is 1.07. The zero-order valence-corrected chi connectivity index (χ0v) is 10.3. The highest BCUT2D eigenvalue weighted by Gasteiger charge is 2.66. The molecule has 1 aromatic carbocycles. The van der Waals surface area contributed by atoms with Gasteiger partial charge >= 0.3 is 0 Å². The SMILES string of the molecule is CC1[C@H]2CN(C)CC12c1ccc(Cl)c(F)c1. The Hall–Kier alpha value is -0.600. The molecule has 2 fully saturated rings. The smallest absolute Gasteiger partial charge is 0.142 e. The summed E-state index contributed by atoms with van der Waals surface area (Å²) >= 11 is 5.73. The van der Waals surface area contributed by atoms with E-state index in [0.717, 1.165) is 18.7 Å². The van der Waals surface area contributed by atoms with Crippen LogP contribution in [0.25, 0.3) is 0 Å². The first-order valence-electron chi connectivity index (χ1n) is 5.70. The molecule has 2 unspecified atom stereocenters. The molecule has 3 heteroatoms. The third kappa shape index (κ3) is 1.20. The van der Waals surface area contributed by atoms with E-state index < -0.39 is 0 Å². The van der Waals surface area contributed by atoms with E-state index in [9.17, 15) is 4.39 Å². The van der Waals surface area contributed by atoms with Crippen molar-refractivity contribution in [1.29, 1.82) is 0 Å². The molecule has 1 aromatic rings. The van der Waals surface area contributed by atoms with Crippen LogP contribution < -0.4 is 0 Å². The number of benzene rings is 1. The number of nitrogens with zero attached hydrogens (tertiary/aromatic N) is 1. The summed E-state index contributed by atoms with van der Waals surface area (Å²) < 4.78 is 13.5. The summed E-state index contributed by atoms with van der Waals surface area (Å²) in [7, 11) is 2.13. The van der Waals surface area contributed by atoms with E-state index in [1.54, 1.807) is 12.1 Å². The zero-order valence-electron chi connectivity index (χ0n) is 9.50. The Morgan fingerprint density at radius 2 is 2.25 bits per heavy atom. The molecule has 3 atom stereocenters. The number of likely N-dealkylation sites (tertiary alicyclic amines) is 1. The zero-order chi connectivity index (χ0) is 11.5. The fraction of sp³-hybridized carbons (Fsp3) is 0.538. The number of piperidine rings is 1. The van der Waals surface area contributed by atoms with Gasteiger partial charge in [-0.15, -0.1) is 0 Å². The van der Waals surface area contributed by atoms with Gasteiger partial charge in [-0.05, 0) is 36.6 Å². The molecular weight excluding hydrogens is 225 g/mol. The summed E-state index contributed by atoms with van der Waals surface area (Å²) in [5.41, 5.74) is 1.32. The van der Waals surface area contributed by atoms with E-state index in [1.807, 2.05) is 6.07 Å². The molecule has 2 aliphatic rings. The molecule has 0 N–H and O–H groups in total. The maximum absolute atomic E-state index is 13.5. The average molecular weight is 240 g/mol. The fourth-order valence-electron chi connectivity index (χ4n) is 3.51. The highest BCUT2D eigenvalue weighted by molar-refractivity contribution is 6.30. The number of hydrogen-bond acceptors (Lipinski definition) is 1. The first-order valence-corrected chi connectivity index (χ1v) is 6.07. The van der Waals surface area contributed by atoms with Gasteiger partial charge in [0.2, 0.25) is 0 Å². The lowest BCUT2D eigenvalue weighted by atomic mass is 9.93. The second-order valence-corrected chi connectivity index (χ2v) is 5.67. The van der Waals surface area contributed by atoms with Crippen LogP contribution in [0.15, 0.2) is 18.2 Å². The van der Waals surface area contributed by atoms with Crippen LogP contribution in [0.3, 0.4) is 0 Å². The molecular formula is C13H15ClFN. The normalized spacial score (nSPS) is 37.5. The lowest BCUT2D eigenvalue weighted by Crippen LogP contribution is -2.25. The Balaban J connectivity index is 2.01. The molecule has 1 aliphatic carbocycles. The molecule has 16 heavy (non-hydrogen) atoms. The highest BCUT2D eigenvalue weighted by atomic mass is 35.5. The molecule has 86 valence electrons. The van der Waals surface area contributed by atoms with Crippen molar-refractivity contribution in [3.8, 4) is 0 Å².